The molecule has 3 aromatic rings. The van der Waals surface area contributed by atoms with E-state index in [9.17, 15) is 14.0 Å². The predicted octanol–water partition coefficient (Wildman–Crippen LogP) is 6.49. The molecule has 1 aliphatic rings. The van der Waals surface area contributed by atoms with Gasteiger partial charge in [-0.1, -0.05) is 67.8 Å². The van der Waals surface area contributed by atoms with E-state index in [-0.39, 0.29) is 30.4 Å². The van der Waals surface area contributed by atoms with Gasteiger partial charge in [-0.05, 0) is 54.2 Å². The molecule has 1 fully saturated rings. The molecule has 4 nitrogen and oxygen atoms in total. The third-order valence-corrected chi connectivity index (χ3v) is 6.06. The summed E-state index contributed by atoms with van der Waals surface area (Å²) in [5.74, 6) is -0.278. The molecule has 0 amide bonds. The third kappa shape index (κ3) is 6.07. The fourth-order valence-electron chi connectivity index (χ4n) is 4.17. The first-order valence-electron chi connectivity index (χ1n) is 11.4. The highest BCUT2D eigenvalue weighted by atomic mass is 19.1. The van der Waals surface area contributed by atoms with E-state index in [4.69, 9.17) is 9.47 Å². The Balaban J connectivity index is 1.33. The van der Waals surface area contributed by atoms with E-state index in [0.29, 0.717) is 17.2 Å². The Morgan fingerprint density at radius 1 is 0.848 bits per heavy atom. The Morgan fingerprint density at radius 2 is 1.55 bits per heavy atom. The normalized spacial score (nSPS) is 14.0. The Hall–Kier alpha value is -3.47. The van der Waals surface area contributed by atoms with Crippen LogP contribution in [0.4, 0.5) is 4.39 Å². The van der Waals surface area contributed by atoms with E-state index in [1.165, 1.54) is 49.8 Å². The van der Waals surface area contributed by atoms with Crippen LogP contribution in [0.25, 0.3) is 0 Å². The molecular weight excluding hydrogens is 419 g/mol. The lowest BCUT2D eigenvalue weighted by molar-refractivity contribution is 0.0470. The molecule has 0 unspecified atom stereocenters. The fourth-order valence-corrected chi connectivity index (χ4v) is 4.17. The van der Waals surface area contributed by atoms with Crippen molar-refractivity contribution in [3.05, 3.63) is 101 Å². The SMILES string of the molecule is O=C(COC(=O)c1ccccc1OCc1ccc(F)cc1)c1ccc(C2CCCCC2)cc1. The number of rotatable bonds is 8. The maximum Gasteiger partial charge on any atom is 0.342 e. The van der Waals surface area contributed by atoms with E-state index in [1.54, 1.807) is 36.4 Å². The number of esters is 1. The minimum Gasteiger partial charge on any atom is -0.488 e. The van der Waals surface area contributed by atoms with Crippen LogP contribution in [0.2, 0.25) is 0 Å². The van der Waals surface area contributed by atoms with Crippen molar-refractivity contribution >= 4 is 11.8 Å². The molecule has 0 aromatic heterocycles. The van der Waals surface area contributed by atoms with Crippen LogP contribution in [0.1, 0.15) is 69.9 Å². The highest BCUT2D eigenvalue weighted by molar-refractivity contribution is 6.00. The number of ether oxygens (including phenoxy) is 2. The third-order valence-electron chi connectivity index (χ3n) is 6.06. The van der Waals surface area contributed by atoms with Gasteiger partial charge in [0, 0.05) is 5.56 Å². The summed E-state index contributed by atoms with van der Waals surface area (Å²) in [6.07, 6.45) is 6.23. The monoisotopic (exact) mass is 446 g/mol. The van der Waals surface area contributed by atoms with E-state index >= 15 is 0 Å². The standard InChI is InChI=1S/C28H27FO4/c29-24-16-10-20(11-17-24)18-32-27-9-5-4-8-25(27)28(31)33-19-26(30)23-14-12-22(13-15-23)21-6-2-1-3-7-21/h4-5,8-17,21H,1-3,6-7,18-19H2. The summed E-state index contributed by atoms with van der Waals surface area (Å²) < 4.78 is 24.1. The van der Waals surface area contributed by atoms with Gasteiger partial charge in [0.2, 0.25) is 0 Å². The predicted molar refractivity (Wildman–Crippen MR) is 124 cm³/mol. The van der Waals surface area contributed by atoms with Crippen molar-refractivity contribution in [2.45, 2.75) is 44.6 Å². The molecule has 4 rings (SSSR count). The van der Waals surface area contributed by atoms with Gasteiger partial charge in [0.15, 0.2) is 12.4 Å². The second-order valence-electron chi connectivity index (χ2n) is 8.37. The van der Waals surface area contributed by atoms with Crippen LogP contribution in [0.3, 0.4) is 0 Å². The quantitative estimate of drug-likeness (QED) is 0.293. The molecule has 170 valence electrons. The van der Waals surface area contributed by atoms with Crippen LogP contribution in [0.5, 0.6) is 5.75 Å². The van der Waals surface area contributed by atoms with Crippen molar-refractivity contribution < 1.29 is 23.5 Å². The zero-order valence-corrected chi connectivity index (χ0v) is 18.5. The molecule has 0 radical (unpaired) electrons. The highest BCUT2D eigenvalue weighted by Crippen LogP contribution is 2.32. The number of hydrogen-bond acceptors (Lipinski definition) is 4. The van der Waals surface area contributed by atoms with Crippen molar-refractivity contribution in [3.8, 4) is 5.75 Å². The van der Waals surface area contributed by atoms with Gasteiger partial charge in [0.1, 0.15) is 23.7 Å². The zero-order valence-electron chi connectivity index (χ0n) is 18.5. The van der Waals surface area contributed by atoms with Gasteiger partial charge in [0.05, 0.1) is 0 Å². The average molecular weight is 447 g/mol. The Morgan fingerprint density at radius 3 is 2.27 bits per heavy atom. The van der Waals surface area contributed by atoms with E-state index in [1.807, 2.05) is 24.3 Å². The van der Waals surface area contributed by atoms with Crippen LogP contribution in [-0.2, 0) is 11.3 Å². The first-order valence-corrected chi connectivity index (χ1v) is 11.4. The molecule has 0 saturated heterocycles. The summed E-state index contributed by atoms with van der Waals surface area (Å²) in [7, 11) is 0. The smallest absolute Gasteiger partial charge is 0.342 e. The van der Waals surface area contributed by atoms with Gasteiger partial charge >= 0.3 is 5.97 Å². The molecule has 1 saturated carbocycles. The molecule has 3 aromatic carbocycles. The number of para-hydroxylation sites is 1. The largest absolute Gasteiger partial charge is 0.488 e. The van der Waals surface area contributed by atoms with Crippen molar-refractivity contribution in [1.82, 2.24) is 0 Å². The van der Waals surface area contributed by atoms with E-state index < -0.39 is 5.97 Å². The van der Waals surface area contributed by atoms with Crippen LogP contribution in [0.15, 0.2) is 72.8 Å². The molecule has 1 aliphatic carbocycles. The van der Waals surface area contributed by atoms with Crippen molar-refractivity contribution in [2.24, 2.45) is 0 Å². The number of carbonyl (C=O) groups excluding carboxylic acids is 2. The second-order valence-corrected chi connectivity index (χ2v) is 8.37. The second kappa shape index (κ2) is 10.9. The summed E-state index contributed by atoms with van der Waals surface area (Å²) in [6.45, 7) is -0.162. The Kier molecular flexibility index (Phi) is 7.51. The minimum atomic E-state index is -0.628. The maximum absolute atomic E-state index is 13.1. The van der Waals surface area contributed by atoms with Gasteiger partial charge in [-0.3, -0.25) is 4.79 Å². The van der Waals surface area contributed by atoms with Crippen molar-refractivity contribution in [3.63, 3.8) is 0 Å². The topological polar surface area (TPSA) is 52.6 Å². The van der Waals surface area contributed by atoms with Gasteiger partial charge < -0.3 is 9.47 Å². The molecule has 33 heavy (non-hydrogen) atoms. The summed E-state index contributed by atoms with van der Waals surface area (Å²) in [5, 5.41) is 0. The Labute approximate surface area is 193 Å². The van der Waals surface area contributed by atoms with Gasteiger partial charge in [-0.25, -0.2) is 9.18 Å². The van der Waals surface area contributed by atoms with E-state index in [2.05, 4.69) is 0 Å². The summed E-state index contributed by atoms with van der Waals surface area (Å²) >= 11 is 0. The highest BCUT2D eigenvalue weighted by Gasteiger charge is 2.18. The molecule has 0 heterocycles. The number of ketones is 1. The van der Waals surface area contributed by atoms with Crippen LogP contribution in [0, 0.1) is 5.82 Å². The van der Waals surface area contributed by atoms with Crippen molar-refractivity contribution in [1.29, 1.82) is 0 Å². The first-order chi connectivity index (χ1) is 16.1. The van der Waals surface area contributed by atoms with Gasteiger partial charge in [-0.15, -0.1) is 0 Å². The lowest BCUT2D eigenvalue weighted by Crippen LogP contribution is -2.15. The molecule has 0 spiro atoms. The Bertz CT molecular complexity index is 1080. The fraction of sp³-hybridized carbons (Fsp3) is 0.286. The van der Waals surface area contributed by atoms with Gasteiger partial charge in [0.25, 0.3) is 0 Å². The van der Waals surface area contributed by atoms with Crippen LogP contribution >= 0.6 is 0 Å². The maximum atomic E-state index is 13.1. The molecule has 0 N–H and O–H groups in total. The number of benzene rings is 3. The first kappa shape index (κ1) is 22.7. The summed E-state index contributed by atoms with van der Waals surface area (Å²) in [5.41, 5.74) is 2.81. The van der Waals surface area contributed by atoms with Crippen LogP contribution < -0.4 is 4.74 Å². The van der Waals surface area contributed by atoms with Gasteiger partial charge in [-0.2, -0.15) is 0 Å². The molecule has 0 aliphatic heterocycles. The number of hydrogen-bond donors (Lipinski definition) is 0. The number of halogens is 1. The zero-order chi connectivity index (χ0) is 23.0. The van der Waals surface area contributed by atoms with Crippen LogP contribution in [-0.4, -0.2) is 18.4 Å². The summed E-state index contributed by atoms with van der Waals surface area (Å²) in [4.78, 5) is 25.2. The lowest BCUT2D eigenvalue weighted by Gasteiger charge is -2.22. The summed E-state index contributed by atoms with van der Waals surface area (Å²) in [6, 6.07) is 20.3. The lowest BCUT2D eigenvalue weighted by atomic mass is 9.84. The number of Topliss-reactive ketones (excluding diaryl/α,β-unsaturated/α-hetero) is 1. The van der Waals surface area contributed by atoms with Crippen molar-refractivity contribution in [2.75, 3.05) is 6.61 Å². The van der Waals surface area contributed by atoms with E-state index in [0.717, 1.165) is 5.56 Å². The molecule has 5 heteroatoms. The average Bonchev–Trinajstić information content (AvgIpc) is 2.87. The minimum absolute atomic E-state index is 0.177. The molecular formula is C28H27FO4. The number of carbonyl (C=O) groups is 2. The molecule has 0 atom stereocenters. The molecule has 0 bridgehead atoms.